The standard InChI is InChI=1S/C32H41N5O5/c1-21(22-10-6-5-7-11-22)35-30(40)27(18-24-19-33-26-13-9-8-12-25(24)26)36-29(39)23-14-16-37(17-15-23)28(38)20-34-31(41)42-32(2,3)4/h5-13,19,21,23,27,33H,14-18,20H2,1-4H3,(H,34,41)(H,35,40)(H,36,39). The number of likely N-dealkylation sites (tertiary alicyclic amines) is 1. The van der Waals surface area contributed by atoms with E-state index in [9.17, 15) is 19.2 Å². The minimum Gasteiger partial charge on any atom is -0.444 e. The number of para-hydroxylation sites is 1. The van der Waals surface area contributed by atoms with Gasteiger partial charge in [0.2, 0.25) is 17.7 Å². The number of fused-ring (bicyclic) bond motifs is 1. The zero-order chi connectivity index (χ0) is 30.3. The van der Waals surface area contributed by atoms with Crippen molar-refractivity contribution < 1.29 is 23.9 Å². The van der Waals surface area contributed by atoms with Crippen LogP contribution < -0.4 is 16.0 Å². The van der Waals surface area contributed by atoms with E-state index in [0.717, 1.165) is 22.0 Å². The number of piperidine rings is 1. The van der Waals surface area contributed by atoms with E-state index in [1.54, 1.807) is 25.7 Å². The first-order valence-corrected chi connectivity index (χ1v) is 14.5. The summed E-state index contributed by atoms with van der Waals surface area (Å²) < 4.78 is 5.18. The Kier molecular flexibility index (Phi) is 9.88. The van der Waals surface area contributed by atoms with Gasteiger partial charge in [0.25, 0.3) is 0 Å². The van der Waals surface area contributed by atoms with Crippen LogP contribution in [0.1, 0.15) is 57.7 Å². The van der Waals surface area contributed by atoms with Gasteiger partial charge in [-0.2, -0.15) is 0 Å². The largest absolute Gasteiger partial charge is 0.444 e. The van der Waals surface area contributed by atoms with Gasteiger partial charge >= 0.3 is 6.09 Å². The fraction of sp³-hybridized carbons (Fsp3) is 0.438. The molecule has 3 aromatic rings. The molecule has 42 heavy (non-hydrogen) atoms. The molecule has 0 aliphatic carbocycles. The Morgan fingerprint density at radius 1 is 0.976 bits per heavy atom. The highest BCUT2D eigenvalue weighted by Gasteiger charge is 2.31. The average molecular weight is 576 g/mol. The number of nitrogens with zero attached hydrogens (tertiary/aromatic N) is 1. The molecule has 4 N–H and O–H groups in total. The topological polar surface area (TPSA) is 133 Å². The summed E-state index contributed by atoms with van der Waals surface area (Å²) in [6.45, 7) is 7.78. The highest BCUT2D eigenvalue weighted by Crippen LogP contribution is 2.22. The third-order valence-electron chi connectivity index (χ3n) is 7.39. The number of aromatic nitrogens is 1. The van der Waals surface area contributed by atoms with Crippen LogP contribution in [0.4, 0.5) is 4.79 Å². The first-order valence-electron chi connectivity index (χ1n) is 14.5. The van der Waals surface area contributed by atoms with Crippen LogP contribution in [0.3, 0.4) is 0 Å². The van der Waals surface area contributed by atoms with Crippen molar-refractivity contribution in [2.75, 3.05) is 19.6 Å². The number of hydrogen-bond donors (Lipinski definition) is 4. The number of carbonyl (C=O) groups is 4. The van der Waals surface area contributed by atoms with Gasteiger partial charge in [-0.15, -0.1) is 0 Å². The van der Waals surface area contributed by atoms with Crippen molar-refractivity contribution in [3.05, 3.63) is 71.9 Å². The summed E-state index contributed by atoms with van der Waals surface area (Å²) in [4.78, 5) is 56.3. The molecule has 10 heteroatoms. The maximum Gasteiger partial charge on any atom is 0.408 e. The fourth-order valence-corrected chi connectivity index (χ4v) is 5.12. The number of nitrogens with one attached hydrogen (secondary N) is 4. The second kappa shape index (κ2) is 13.5. The van der Waals surface area contributed by atoms with E-state index in [0.29, 0.717) is 32.4 Å². The summed E-state index contributed by atoms with van der Waals surface area (Å²) in [5, 5.41) is 9.57. The fourth-order valence-electron chi connectivity index (χ4n) is 5.12. The number of alkyl carbamates (subject to hydrolysis) is 1. The third-order valence-corrected chi connectivity index (χ3v) is 7.39. The molecule has 4 amide bonds. The summed E-state index contributed by atoms with van der Waals surface area (Å²) in [7, 11) is 0. The number of ether oxygens (including phenoxy) is 1. The summed E-state index contributed by atoms with van der Waals surface area (Å²) in [6.07, 6.45) is 2.49. The van der Waals surface area contributed by atoms with Gasteiger partial charge < -0.3 is 30.6 Å². The Labute approximate surface area is 246 Å². The van der Waals surface area contributed by atoms with Crippen molar-refractivity contribution in [3.63, 3.8) is 0 Å². The molecular weight excluding hydrogens is 534 g/mol. The third kappa shape index (κ3) is 8.34. The Hall–Kier alpha value is -4.34. The van der Waals surface area contributed by atoms with Crippen LogP contribution in [0.25, 0.3) is 10.9 Å². The number of H-pyrrole nitrogens is 1. The predicted octanol–water partition coefficient (Wildman–Crippen LogP) is 3.84. The van der Waals surface area contributed by atoms with Gasteiger partial charge in [-0.05, 0) is 57.7 Å². The smallest absolute Gasteiger partial charge is 0.408 e. The van der Waals surface area contributed by atoms with E-state index in [1.807, 2.05) is 67.7 Å². The van der Waals surface area contributed by atoms with Crippen molar-refractivity contribution in [1.29, 1.82) is 0 Å². The molecule has 224 valence electrons. The lowest BCUT2D eigenvalue weighted by Crippen LogP contribution is -2.52. The van der Waals surface area contributed by atoms with Crippen LogP contribution in [0.5, 0.6) is 0 Å². The van der Waals surface area contributed by atoms with Crippen LogP contribution in [-0.4, -0.2) is 65.0 Å². The monoisotopic (exact) mass is 575 g/mol. The Morgan fingerprint density at radius 2 is 1.64 bits per heavy atom. The lowest BCUT2D eigenvalue weighted by Gasteiger charge is -2.32. The van der Waals surface area contributed by atoms with Crippen molar-refractivity contribution in [2.45, 2.75) is 64.6 Å². The van der Waals surface area contributed by atoms with E-state index in [2.05, 4.69) is 20.9 Å². The van der Waals surface area contributed by atoms with Crippen LogP contribution >= 0.6 is 0 Å². The molecule has 0 bridgehead atoms. The quantitative estimate of drug-likeness (QED) is 0.308. The summed E-state index contributed by atoms with van der Waals surface area (Å²) in [5.41, 5.74) is 2.23. The van der Waals surface area contributed by atoms with Gasteiger partial charge in [-0.25, -0.2) is 4.79 Å². The van der Waals surface area contributed by atoms with E-state index in [-0.39, 0.29) is 36.2 Å². The first-order chi connectivity index (χ1) is 20.0. The van der Waals surface area contributed by atoms with Crippen LogP contribution in [0, 0.1) is 5.92 Å². The molecule has 2 unspecified atom stereocenters. The number of amides is 4. The van der Waals surface area contributed by atoms with Crippen LogP contribution in [0.2, 0.25) is 0 Å². The summed E-state index contributed by atoms with van der Waals surface area (Å²) >= 11 is 0. The Morgan fingerprint density at radius 3 is 2.33 bits per heavy atom. The molecule has 1 saturated heterocycles. The van der Waals surface area contributed by atoms with Gasteiger partial charge in [-0.1, -0.05) is 48.5 Å². The highest BCUT2D eigenvalue weighted by atomic mass is 16.6. The van der Waals surface area contributed by atoms with E-state index in [4.69, 9.17) is 4.74 Å². The van der Waals surface area contributed by atoms with Crippen molar-refractivity contribution in [3.8, 4) is 0 Å². The van der Waals surface area contributed by atoms with Gasteiger partial charge in [0.1, 0.15) is 18.2 Å². The van der Waals surface area contributed by atoms with Gasteiger partial charge in [-0.3, -0.25) is 14.4 Å². The second-order valence-corrected chi connectivity index (χ2v) is 11.8. The lowest BCUT2D eigenvalue weighted by atomic mass is 9.94. The molecule has 2 aromatic carbocycles. The van der Waals surface area contributed by atoms with E-state index >= 15 is 0 Å². The minimum absolute atomic E-state index is 0.168. The van der Waals surface area contributed by atoms with E-state index in [1.165, 1.54) is 0 Å². The first kappa shape index (κ1) is 30.6. The van der Waals surface area contributed by atoms with Crippen molar-refractivity contribution in [2.24, 2.45) is 5.92 Å². The molecule has 2 atom stereocenters. The van der Waals surface area contributed by atoms with Gasteiger partial charge in [0.15, 0.2) is 0 Å². The minimum atomic E-state index is -0.777. The van der Waals surface area contributed by atoms with Crippen molar-refractivity contribution >= 4 is 34.7 Å². The Bertz CT molecular complexity index is 1390. The second-order valence-electron chi connectivity index (χ2n) is 11.8. The molecule has 4 rings (SSSR count). The normalized spacial score (nSPS) is 15.5. The number of carbonyl (C=O) groups excluding carboxylic acids is 4. The zero-order valence-corrected chi connectivity index (χ0v) is 24.7. The molecular formula is C32H41N5O5. The molecule has 0 spiro atoms. The molecule has 10 nitrogen and oxygen atoms in total. The van der Waals surface area contributed by atoms with Crippen molar-refractivity contribution in [1.82, 2.24) is 25.8 Å². The maximum absolute atomic E-state index is 13.5. The number of benzene rings is 2. The number of rotatable bonds is 9. The Balaban J connectivity index is 1.37. The van der Waals surface area contributed by atoms with E-state index < -0.39 is 17.7 Å². The van der Waals surface area contributed by atoms with Crippen LogP contribution in [-0.2, 0) is 25.5 Å². The SMILES string of the molecule is CC(NC(=O)C(Cc1c[nH]c2ccccc12)NC(=O)C1CCN(C(=O)CNC(=O)OC(C)(C)C)CC1)c1ccccc1. The zero-order valence-electron chi connectivity index (χ0n) is 24.7. The highest BCUT2D eigenvalue weighted by molar-refractivity contribution is 5.90. The average Bonchev–Trinajstić information content (AvgIpc) is 3.37. The number of hydrogen-bond acceptors (Lipinski definition) is 5. The van der Waals surface area contributed by atoms with Crippen LogP contribution in [0.15, 0.2) is 60.8 Å². The molecule has 1 aromatic heterocycles. The lowest BCUT2D eigenvalue weighted by molar-refractivity contribution is -0.136. The molecule has 2 heterocycles. The van der Waals surface area contributed by atoms with Gasteiger partial charge in [0, 0.05) is 42.5 Å². The molecule has 1 aliphatic heterocycles. The summed E-state index contributed by atoms with van der Waals surface area (Å²) in [5.74, 6) is -1.03. The molecule has 1 fully saturated rings. The molecule has 1 aliphatic rings. The molecule has 0 saturated carbocycles. The maximum atomic E-state index is 13.5. The predicted molar refractivity (Wildman–Crippen MR) is 160 cm³/mol. The number of aromatic amines is 1. The molecule has 0 radical (unpaired) electrons. The summed E-state index contributed by atoms with van der Waals surface area (Å²) in [6, 6.07) is 16.5. The van der Waals surface area contributed by atoms with Gasteiger partial charge in [0.05, 0.1) is 6.04 Å².